The summed E-state index contributed by atoms with van der Waals surface area (Å²) in [5, 5.41) is 7.94. The zero-order valence-corrected chi connectivity index (χ0v) is 13.1. The molecule has 4 rings (SSSR count). The molecule has 0 fully saturated rings. The Bertz CT molecular complexity index is 886. The Morgan fingerprint density at radius 2 is 1.75 bits per heavy atom. The fourth-order valence-electron chi connectivity index (χ4n) is 3.21. The second kappa shape index (κ2) is 6.17. The summed E-state index contributed by atoms with van der Waals surface area (Å²) in [6, 6.07) is 13.3. The van der Waals surface area contributed by atoms with Crippen molar-refractivity contribution in [3.05, 3.63) is 77.0 Å². The van der Waals surface area contributed by atoms with Crippen LogP contribution in [0.1, 0.15) is 16.8 Å². The first-order chi connectivity index (χ1) is 11.7. The number of fused-ring (bicyclic) bond motifs is 1. The van der Waals surface area contributed by atoms with E-state index in [1.165, 1.54) is 12.1 Å². The molecular formula is C19H17F2N3. The van der Waals surface area contributed by atoms with Crippen molar-refractivity contribution in [2.24, 2.45) is 0 Å². The van der Waals surface area contributed by atoms with E-state index in [2.05, 4.69) is 10.4 Å². The van der Waals surface area contributed by atoms with Crippen molar-refractivity contribution in [1.29, 1.82) is 0 Å². The number of hydrogen-bond acceptors (Lipinski definition) is 2. The lowest BCUT2D eigenvalue weighted by Gasteiger charge is -2.16. The fraction of sp³-hybridized carbons (Fsp3) is 0.211. The zero-order chi connectivity index (χ0) is 16.5. The molecule has 3 aromatic rings. The number of hydrogen-bond donors (Lipinski definition) is 1. The van der Waals surface area contributed by atoms with Crippen molar-refractivity contribution < 1.29 is 8.78 Å². The molecule has 1 aliphatic rings. The Morgan fingerprint density at radius 3 is 2.54 bits per heavy atom. The maximum atomic E-state index is 14.2. The molecular weight excluding hydrogens is 308 g/mol. The topological polar surface area (TPSA) is 29.9 Å². The number of benzene rings is 2. The molecule has 1 N–H and O–H groups in total. The minimum absolute atomic E-state index is 0.247. The van der Waals surface area contributed by atoms with Crippen LogP contribution in [0.15, 0.2) is 48.5 Å². The van der Waals surface area contributed by atoms with Gasteiger partial charge >= 0.3 is 0 Å². The molecule has 0 aliphatic carbocycles. The number of halogens is 2. The quantitative estimate of drug-likeness (QED) is 0.798. The lowest BCUT2D eigenvalue weighted by Crippen LogP contribution is -2.25. The van der Waals surface area contributed by atoms with Crippen LogP contribution in [-0.2, 0) is 19.5 Å². The number of nitrogens with one attached hydrogen (secondary N) is 1. The molecule has 0 saturated carbocycles. The van der Waals surface area contributed by atoms with Crippen molar-refractivity contribution in [3.63, 3.8) is 0 Å². The van der Waals surface area contributed by atoms with Gasteiger partial charge in [-0.25, -0.2) is 8.78 Å². The van der Waals surface area contributed by atoms with Crippen LogP contribution >= 0.6 is 0 Å². The summed E-state index contributed by atoms with van der Waals surface area (Å²) >= 11 is 0. The first-order valence-electron chi connectivity index (χ1n) is 8.01. The van der Waals surface area contributed by atoms with Crippen molar-refractivity contribution in [2.45, 2.75) is 19.5 Å². The van der Waals surface area contributed by atoms with Crippen LogP contribution in [0.25, 0.3) is 11.3 Å². The van der Waals surface area contributed by atoms with Gasteiger partial charge in [-0.1, -0.05) is 30.3 Å². The number of aromatic nitrogens is 2. The molecule has 0 bridgehead atoms. The molecule has 0 radical (unpaired) electrons. The van der Waals surface area contributed by atoms with Crippen LogP contribution < -0.4 is 5.32 Å². The Kier molecular flexibility index (Phi) is 3.86. The minimum atomic E-state index is -0.290. The summed E-state index contributed by atoms with van der Waals surface area (Å²) in [5.41, 5.74) is 3.77. The van der Waals surface area contributed by atoms with Gasteiger partial charge in [-0.15, -0.1) is 0 Å². The Morgan fingerprint density at radius 1 is 1.00 bits per heavy atom. The van der Waals surface area contributed by atoms with Gasteiger partial charge in [0.25, 0.3) is 0 Å². The maximum Gasteiger partial charge on any atom is 0.132 e. The number of nitrogens with zero attached hydrogens (tertiary/aromatic N) is 2. The minimum Gasteiger partial charge on any atom is -0.312 e. The predicted molar refractivity (Wildman–Crippen MR) is 88.5 cm³/mol. The van der Waals surface area contributed by atoms with Crippen molar-refractivity contribution >= 4 is 0 Å². The van der Waals surface area contributed by atoms with Gasteiger partial charge < -0.3 is 5.32 Å². The highest BCUT2D eigenvalue weighted by molar-refractivity contribution is 5.65. The van der Waals surface area contributed by atoms with Gasteiger partial charge in [-0.3, -0.25) is 4.68 Å². The van der Waals surface area contributed by atoms with Gasteiger partial charge in [0.15, 0.2) is 0 Å². The van der Waals surface area contributed by atoms with E-state index >= 15 is 0 Å². The first kappa shape index (κ1) is 15.0. The maximum absolute atomic E-state index is 14.2. The summed E-state index contributed by atoms with van der Waals surface area (Å²) in [7, 11) is 0. The van der Waals surface area contributed by atoms with Gasteiger partial charge in [-0.05, 0) is 18.2 Å². The Hall–Kier alpha value is -2.53. The first-order valence-corrected chi connectivity index (χ1v) is 8.01. The van der Waals surface area contributed by atoms with Crippen molar-refractivity contribution in [3.8, 4) is 11.3 Å². The zero-order valence-electron chi connectivity index (χ0n) is 13.1. The Labute approximate surface area is 138 Å². The van der Waals surface area contributed by atoms with Crippen LogP contribution in [0.3, 0.4) is 0 Å². The summed E-state index contributed by atoms with van der Waals surface area (Å²) in [6.07, 6.45) is 0.797. The molecule has 3 nitrogen and oxygen atoms in total. The van der Waals surface area contributed by atoms with E-state index in [1.54, 1.807) is 30.3 Å². The van der Waals surface area contributed by atoms with Gasteiger partial charge in [0.1, 0.15) is 17.3 Å². The summed E-state index contributed by atoms with van der Waals surface area (Å²) in [5.74, 6) is -0.537. The van der Waals surface area contributed by atoms with E-state index in [4.69, 9.17) is 0 Å². The van der Waals surface area contributed by atoms with Gasteiger partial charge in [-0.2, -0.15) is 5.10 Å². The standard InChI is InChI=1S/C19H17F2N3/c20-16-7-3-1-5-13(16)12-24-18-9-10-22-11-15(18)19(23-24)14-6-2-4-8-17(14)21/h1-8,22H,9-12H2. The second-order valence-electron chi connectivity index (χ2n) is 5.93. The average Bonchev–Trinajstić information content (AvgIpc) is 2.96. The second-order valence-corrected chi connectivity index (χ2v) is 5.93. The molecule has 122 valence electrons. The van der Waals surface area contributed by atoms with E-state index in [-0.39, 0.29) is 11.6 Å². The smallest absolute Gasteiger partial charge is 0.132 e. The van der Waals surface area contributed by atoms with E-state index in [1.807, 2.05) is 10.7 Å². The van der Waals surface area contributed by atoms with Crippen LogP contribution in [0.5, 0.6) is 0 Å². The molecule has 0 atom stereocenters. The van der Waals surface area contributed by atoms with Gasteiger partial charge in [0, 0.05) is 41.9 Å². The van der Waals surface area contributed by atoms with E-state index in [0.717, 1.165) is 24.2 Å². The summed E-state index contributed by atoms with van der Waals surface area (Å²) in [6.45, 7) is 1.84. The lowest BCUT2D eigenvalue weighted by molar-refractivity contribution is 0.556. The molecule has 0 spiro atoms. The van der Waals surface area contributed by atoms with Crippen LogP contribution in [-0.4, -0.2) is 16.3 Å². The fourth-order valence-corrected chi connectivity index (χ4v) is 3.21. The van der Waals surface area contributed by atoms with Gasteiger partial charge in [0.05, 0.1) is 6.54 Å². The van der Waals surface area contributed by atoms with Crippen LogP contribution in [0.2, 0.25) is 0 Å². The van der Waals surface area contributed by atoms with E-state index < -0.39 is 0 Å². The highest BCUT2D eigenvalue weighted by Crippen LogP contribution is 2.30. The number of rotatable bonds is 3. The summed E-state index contributed by atoms with van der Waals surface area (Å²) in [4.78, 5) is 0. The third-order valence-electron chi connectivity index (χ3n) is 4.41. The lowest BCUT2D eigenvalue weighted by atomic mass is 10.0. The molecule has 0 unspecified atom stereocenters. The molecule has 2 aromatic carbocycles. The summed E-state index contributed by atoms with van der Waals surface area (Å²) < 4.78 is 30.0. The highest BCUT2D eigenvalue weighted by Gasteiger charge is 2.23. The predicted octanol–water partition coefficient (Wildman–Crippen LogP) is 3.52. The molecule has 1 aromatic heterocycles. The van der Waals surface area contributed by atoms with Crippen molar-refractivity contribution in [2.75, 3.05) is 6.54 Å². The third kappa shape index (κ3) is 2.61. The van der Waals surface area contributed by atoms with E-state index in [9.17, 15) is 8.78 Å². The molecule has 0 amide bonds. The largest absolute Gasteiger partial charge is 0.312 e. The normalized spacial score (nSPS) is 13.8. The van der Waals surface area contributed by atoms with Crippen LogP contribution in [0.4, 0.5) is 8.78 Å². The monoisotopic (exact) mass is 325 g/mol. The average molecular weight is 325 g/mol. The Balaban J connectivity index is 1.81. The molecule has 5 heteroatoms. The SMILES string of the molecule is Fc1ccccc1Cn1nc(-c2ccccc2F)c2c1CCNC2. The third-order valence-corrected chi connectivity index (χ3v) is 4.41. The van der Waals surface area contributed by atoms with Crippen molar-refractivity contribution in [1.82, 2.24) is 15.1 Å². The molecule has 24 heavy (non-hydrogen) atoms. The molecule has 0 saturated heterocycles. The van der Waals surface area contributed by atoms with Crippen LogP contribution in [0, 0.1) is 11.6 Å². The van der Waals surface area contributed by atoms with Gasteiger partial charge in [0.2, 0.25) is 0 Å². The molecule has 2 heterocycles. The molecule has 1 aliphatic heterocycles. The highest BCUT2D eigenvalue weighted by atomic mass is 19.1. The van der Waals surface area contributed by atoms with E-state index in [0.29, 0.717) is 29.9 Å².